The maximum absolute atomic E-state index is 13.0. The zero-order valence-electron chi connectivity index (χ0n) is 40.3. The standard InChI is InChI=1S/C44H18N16O24/c61-49(62)17-9-29(53(69)70)41(30(10-17)54(71)72)37-21-1-2-22(45-21)38(42-31(55(73)74)11-18(50(63)64)12-32(42)56(75)76)24-5-6-26(47-24)40(44-35(59(81)82)15-20(52(67)68)16-36(44)60(83)84)28-8-7-27(48-28)39(25-4-3-23(37)46-25)43-33(57(77)78)13-19(51(65)66)14-34(43)58(79)80/h1-16,45,48H. The van der Waals surface area contributed by atoms with Gasteiger partial charge in [0, 0.05) is 44.3 Å². The summed E-state index contributed by atoms with van der Waals surface area (Å²) >= 11 is 0. The Balaban J connectivity index is 1.66. The number of nitrogens with one attached hydrogen (secondary N) is 2. The van der Waals surface area contributed by atoms with Crippen molar-refractivity contribution >= 4 is 115 Å². The third kappa shape index (κ3) is 9.30. The third-order valence-electron chi connectivity index (χ3n) is 12.5. The van der Waals surface area contributed by atoms with Gasteiger partial charge in [-0.15, -0.1) is 0 Å². The van der Waals surface area contributed by atoms with Crippen molar-refractivity contribution in [2.24, 2.45) is 0 Å². The molecule has 40 heteroatoms. The van der Waals surface area contributed by atoms with Crippen molar-refractivity contribution < 1.29 is 59.1 Å². The minimum Gasteiger partial charge on any atom is -0.354 e. The fourth-order valence-electron chi connectivity index (χ4n) is 9.25. The van der Waals surface area contributed by atoms with E-state index < -0.39 is 217 Å². The third-order valence-corrected chi connectivity index (χ3v) is 12.5. The summed E-state index contributed by atoms with van der Waals surface area (Å²) in [7, 11) is 0. The molecular weight excluding hydrogens is 1140 g/mol. The molecule has 0 amide bonds. The topological polar surface area (TPSA) is 575 Å². The summed E-state index contributed by atoms with van der Waals surface area (Å²) < 4.78 is 0. The van der Waals surface area contributed by atoms with E-state index in [-0.39, 0.29) is 48.5 Å². The van der Waals surface area contributed by atoms with E-state index in [9.17, 15) is 121 Å². The first-order valence-corrected chi connectivity index (χ1v) is 22.2. The summed E-state index contributed by atoms with van der Waals surface area (Å²) in [5, 5.41) is 152. The second-order valence-corrected chi connectivity index (χ2v) is 17.0. The van der Waals surface area contributed by atoms with Gasteiger partial charge in [-0.2, -0.15) is 0 Å². The second-order valence-electron chi connectivity index (χ2n) is 17.0. The molecule has 0 unspecified atom stereocenters. The molecule has 8 bridgehead atoms. The highest BCUT2D eigenvalue weighted by Gasteiger charge is 2.40. The lowest BCUT2D eigenvalue weighted by molar-refractivity contribution is -0.402. The molecule has 3 aromatic heterocycles. The number of nitrogens with zero attached hydrogens (tertiary/aromatic N) is 14. The van der Waals surface area contributed by atoms with E-state index in [4.69, 9.17) is 0 Å². The molecule has 0 aliphatic carbocycles. The minimum absolute atomic E-state index is 0.272. The molecule has 0 saturated carbocycles. The van der Waals surface area contributed by atoms with E-state index in [1.54, 1.807) is 0 Å². The molecule has 7 aromatic rings. The van der Waals surface area contributed by atoms with Crippen LogP contribution >= 0.6 is 0 Å². The fraction of sp³-hybridized carbons (Fsp3) is 0. The van der Waals surface area contributed by atoms with Gasteiger partial charge in [-0.05, 0) is 48.6 Å². The highest BCUT2D eigenvalue weighted by Crippen LogP contribution is 2.51. The first-order valence-electron chi connectivity index (χ1n) is 22.2. The summed E-state index contributed by atoms with van der Waals surface area (Å²) in [6.45, 7) is 0. The molecule has 418 valence electrons. The predicted molar refractivity (Wildman–Crippen MR) is 280 cm³/mol. The first kappa shape index (κ1) is 55.0. The van der Waals surface area contributed by atoms with Gasteiger partial charge >= 0.3 is 0 Å². The van der Waals surface area contributed by atoms with Crippen LogP contribution in [0.4, 0.5) is 68.2 Å². The monoisotopic (exact) mass is 1150 g/mol. The molecule has 4 aromatic carbocycles. The van der Waals surface area contributed by atoms with Gasteiger partial charge in [-0.1, -0.05) is 0 Å². The van der Waals surface area contributed by atoms with Crippen molar-refractivity contribution in [2.45, 2.75) is 0 Å². The number of nitro benzene ring substituents is 12. The largest absolute Gasteiger partial charge is 0.354 e. The lowest BCUT2D eigenvalue weighted by atomic mass is 9.98. The van der Waals surface area contributed by atoms with Crippen molar-refractivity contribution in [1.29, 1.82) is 0 Å². The first-order chi connectivity index (χ1) is 39.6. The Labute approximate surface area is 454 Å². The number of aromatic amines is 2. The van der Waals surface area contributed by atoms with Crippen LogP contribution in [-0.2, 0) is 0 Å². The van der Waals surface area contributed by atoms with Crippen molar-refractivity contribution in [2.75, 3.05) is 0 Å². The van der Waals surface area contributed by atoms with Crippen molar-refractivity contribution in [3.8, 4) is 44.5 Å². The van der Waals surface area contributed by atoms with Crippen LogP contribution in [0, 0.1) is 121 Å². The van der Waals surface area contributed by atoms with Crippen molar-refractivity contribution in [1.82, 2.24) is 19.9 Å². The molecule has 2 aliphatic heterocycles. The highest BCUT2D eigenvalue weighted by molar-refractivity contribution is 6.06. The lowest BCUT2D eigenvalue weighted by Gasteiger charge is -2.09. The fourth-order valence-corrected chi connectivity index (χ4v) is 9.25. The van der Waals surface area contributed by atoms with Crippen molar-refractivity contribution in [3.63, 3.8) is 0 Å². The molecule has 84 heavy (non-hydrogen) atoms. The lowest BCUT2D eigenvalue weighted by Crippen LogP contribution is -2.03. The highest BCUT2D eigenvalue weighted by atomic mass is 16.7. The van der Waals surface area contributed by atoms with Gasteiger partial charge in [-0.25, -0.2) is 9.97 Å². The van der Waals surface area contributed by atoms with Crippen LogP contribution in [0.15, 0.2) is 72.8 Å². The van der Waals surface area contributed by atoms with Gasteiger partial charge in [-0.3, -0.25) is 121 Å². The summed E-state index contributed by atoms with van der Waals surface area (Å²) in [4.78, 5) is 151. The maximum atomic E-state index is 13.0. The molecular formula is C44H18N16O24. The SMILES string of the molecule is O=[N+]([O-])c1cc([N+](=O)[O-])c(-c2c3nc(c(-c4c([N+](=O)[O-])cc([N+](=O)[O-])cc4[N+](=O)[O-])c4ccc([nH]4)c(-c4c([N+](=O)[O-])cc([N+](=O)[O-])cc4[N+](=O)[O-])c4nc(c(-c5c([N+](=O)[O-])cc([N+](=O)[O-])cc5[N+](=O)[O-])c5ccc2[nH]5)C=C4)C=C3)c([N+](=O)[O-])c1. The molecule has 0 atom stereocenters. The number of fused-ring (bicyclic) bond motifs is 8. The van der Waals surface area contributed by atoms with Crippen LogP contribution < -0.4 is 0 Å². The van der Waals surface area contributed by atoms with Crippen LogP contribution in [0.2, 0.25) is 0 Å². The zero-order valence-corrected chi connectivity index (χ0v) is 40.3. The Morgan fingerprint density at radius 3 is 0.524 bits per heavy atom. The van der Waals surface area contributed by atoms with Gasteiger partial charge < -0.3 is 9.97 Å². The normalized spacial score (nSPS) is 11.4. The molecule has 0 fully saturated rings. The second kappa shape index (κ2) is 20.3. The number of non-ortho nitro benzene ring substituents is 4. The van der Waals surface area contributed by atoms with E-state index in [0.29, 0.717) is 0 Å². The number of H-pyrrole nitrogens is 2. The Morgan fingerprint density at radius 1 is 0.238 bits per heavy atom. The Hall–Kier alpha value is -13.7. The number of hydrogen-bond donors (Lipinski definition) is 2. The number of benzene rings is 4. The minimum atomic E-state index is -1.42. The zero-order chi connectivity index (χ0) is 61.2. The number of nitro groups is 12. The van der Waals surface area contributed by atoms with Gasteiger partial charge in [0.15, 0.2) is 0 Å². The predicted octanol–water partition coefficient (Wildman–Crippen LogP) is 10.2. The molecule has 0 saturated heterocycles. The number of rotatable bonds is 16. The Morgan fingerprint density at radius 2 is 0.393 bits per heavy atom. The number of aromatic nitrogens is 4. The average Bonchev–Trinajstić information content (AvgIpc) is 2.15. The van der Waals surface area contributed by atoms with Gasteiger partial charge in [0.1, 0.15) is 22.3 Å². The molecule has 5 heterocycles. The van der Waals surface area contributed by atoms with Gasteiger partial charge in [0.2, 0.25) is 0 Å². The van der Waals surface area contributed by atoms with E-state index in [2.05, 4.69) is 19.9 Å². The smallest absolute Gasteiger partial charge is 0.291 e. The van der Waals surface area contributed by atoms with Crippen LogP contribution in [0.3, 0.4) is 0 Å². The molecule has 2 aliphatic rings. The van der Waals surface area contributed by atoms with Gasteiger partial charge in [0.25, 0.3) is 68.2 Å². The van der Waals surface area contributed by atoms with E-state index in [1.165, 1.54) is 0 Å². The van der Waals surface area contributed by atoms with Crippen LogP contribution in [-0.4, -0.2) is 79.0 Å². The maximum Gasteiger partial charge on any atom is 0.291 e. The van der Waals surface area contributed by atoms with Crippen LogP contribution in [0.25, 0.3) is 90.9 Å². The molecule has 40 nitrogen and oxygen atoms in total. The molecule has 0 radical (unpaired) electrons. The Bertz CT molecular complexity index is 3920. The average molecular weight is 1150 g/mol. The van der Waals surface area contributed by atoms with E-state index in [0.717, 1.165) is 48.6 Å². The van der Waals surface area contributed by atoms with Gasteiger partial charge in [0.05, 0.1) is 130 Å². The summed E-state index contributed by atoms with van der Waals surface area (Å²) in [5.74, 6) is 0. The van der Waals surface area contributed by atoms with Crippen LogP contribution in [0.1, 0.15) is 22.8 Å². The van der Waals surface area contributed by atoms with Crippen molar-refractivity contribution in [3.05, 3.63) is 217 Å². The van der Waals surface area contributed by atoms with E-state index >= 15 is 0 Å². The van der Waals surface area contributed by atoms with E-state index in [1.807, 2.05) is 0 Å². The van der Waals surface area contributed by atoms with Crippen LogP contribution in [0.5, 0.6) is 0 Å². The molecule has 2 N–H and O–H groups in total. The Kier molecular flexibility index (Phi) is 13.3. The summed E-state index contributed by atoms with van der Waals surface area (Å²) in [5.41, 5.74) is -30.1. The summed E-state index contributed by atoms with van der Waals surface area (Å²) in [6, 6.07) is 5.70. The molecule has 9 rings (SSSR count). The summed E-state index contributed by atoms with van der Waals surface area (Å²) in [6.07, 6.45) is 3.42. The number of hydrogen-bond acceptors (Lipinski definition) is 26. The molecule has 0 spiro atoms. The quantitative estimate of drug-likeness (QED) is 0.0670.